The molecule has 1 aliphatic heterocycles. The average Bonchev–Trinajstić information content (AvgIpc) is 2.15. The Bertz CT molecular complexity index is 265. The molecule has 0 aromatic carbocycles. The van der Waals surface area contributed by atoms with Gasteiger partial charge in [0.15, 0.2) is 0 Å². The molecular formula is C9H12O4. The number of rotatable bonds is 2. The Hall–Kier alpha value is -1.29. The van der Waals surface area contributed by atoms with Crippen LogP contribution in [-0.4, -0.2) is 26.5 Å². The minimum atomic E-state index is -0.501. The molecule has 0 aliphatic carbocycles. The van der Waals surface area contributed by atoms with Crippen LogP contribution in [0.5, 0.6) is 0 Å². The molecule has 1 rings (SSSR count). The highest BCUT2D eigenvalue weighted by molar-refractivity contribution is 5.87. The Labute approximate surface area is 76.8 Å². The van der Waals surface area contributed by atoms with Crippen LogP contribution in [0.15, 0.2) is 23.5 Å². The van der Waals surface area contributed by atoms with Crippen molar-refractivity contribution < 1.29 is 19.0 Å². The summed E-state index contributed by atoms with van der Waals surface area (Å²) >= 11 is 0. The maximum absolute atomic E-state index is 11.1. The van der Waals surface area contributed by atoms with Gasteiger partial charge in [-0.2, -0.15) is 0 Å². The minimum absolute atomic E-state index is 0.175. The van der Waals surface area contributed by atoms with Crippen molar-refractivity contribution in [3.05, 3.63) is 23.5 Å². The number of allylic oxidation sites excluding steroid dienone is 2. The second-order valence-electron chi connectivity index (χ2n) is 2.63. The lowest BCUT2D eigenvalue weighted by molar-refractivity contribution is -0.146. The number of ether oxygens (including phenoxy) is 3. The van der Waals surface area contributed by atoms with Crippen molar-refractivity contribution >= 4 is 5.97 Å². The molecule has 0 aromatic heterocycles. The van der Waals surface area contributed by atoms with Crippen molar-refractivity contribution in [1.29, 1.82) is 0 Å². The first-order chi connectivity index (χ1) is 6.17. The number of carbonyl (C=O) groups excluding carboxylic acids is 1. The molecule has 0 aromatic rings. The van der Waals surface area contributed by atoms with E-state index in [1.165, 1.54) is 14.2 Å². The van der Waals surface area contributed by atoms with E-state index in [1.807, 2.05) is 6.92 Å². The monoisotopic (exact) mass is 184 g/mol. The summed E-state index contributed by atoms with van der Waals surface area (Å²) in [7, 11) is 2.82. The van der Waals surface area contributed by atoms with Crippen molar-refractivity contribution in [2.75, 3.05) is 14.2 Å². The van der Waals surface area contributed by atoms with Crippen LogP contribution in [0.1, 0.15) is 6.92 Å². The second-order valence-corrected chi connectivity index (χ2v) is 2.63. The molecule has 0 saturated carbocycles. The van der Waals surface area contributed by atoms with E-state index < -0.39 is 12.3 Å². The van der Waals surface area contributed by atoms with Gasteiger partial charge in [0, 0.05) is 7.11 Å². The first-order valence-corrected chi connectivity index (χ1v) is 3.85. The van der Waals surface area contributed by atoms with E-state index in [0.29, 0.717) is 0 Å². The molecule has 0 unspecified atom stereocenters. The summed E-state index contributed by atoms with van der Waals surface area (Å²) in [4.78, 5) is 11.1. The lowest BCUT2D eigenvalue weighted by atomic mass is 10.2. The second kappa shape index (κ2) is 4.09. The van der Waals surface area contributed by atoms with Crippen molar-refractivity contribution in [3.63, 3.8) is 0 Å². The molecule has 4 nitrogen and oxygen atoms in total. The zero-order chi connectivity index (χ0) is 9.84. The Balaban J connectivity index is 2.78. The molecule has 13 heavy (non-hydrogen) atoms. The third kappa shape index (κ3) is 2.32. The van der Waals surface area contributed by atoms with Crippen molar-refractivity contribution in [2.24, 2.45) is 0 Å². The van der Waals surface area contributed by atoms with Crippen LogP contribution in [0.4, 0.5) is 0 Å². The molecule has 72 valence electrons. The Morgan fingerprint density at radius 1 is 1.54 bits per heavy atom. The van der Waals surface area contributed by atoms with Gasteiger partial charge in [-0.3, -0.25) is 0 Å². The van der Waals surface area contributed by atoms with E-state index in [0.717, 1.165) is 5.57 Å². The van der Waals surface area contributed by atoms with Crippen molar-refractivity contribution in [1.82, 2.24) is 0 Å². The van der Waals surface area contributed by atoms with Crippen LogP contribution in [0.2, 0.25) is 0 Å². The predicted octanol–water partition coefficient (Wildman–Crippen LogP) is 0.992. The summed E-state index contributed by atoms with van der Waals surface area (Å²) in [5, 5.41) is 0. The smallest absolute Gasteiger partial charge is 0.373 e. The van der Waals surface area contributed by atoms with Crippen molar-refractivity contribution in [3.8, 4) is 0 Å². The van der Waals surface area contributed by atoms with Gasteiger partial charge in [-0.1, -0.05) is 0 Å². The van der Waals surface area contributed by atoms with Crippen molar-refractivity contribution in [2.45, 2.75) is 13.2 Å². The average molecular weight is 184 g/mol. The van der Waals surface area contributed by atoms with E-state index in [-0.39, 0.29) is 5.76 Å². The topological polar surface area (TPSA) is 44.8 Å². The lowest BCUT2D eigenvalue weighted by Gasteiger charge is -2.19. The number of esters is 1. The normalized spacial score (nSPS) is 21.3. The maximum Gasteiger partial charge on any atom is 0.373 e. The highest BCUT2D eigenvalue weighted by atomic mass is 16.7. The molecule has 0 saturated heterocycles. The maximum atomic E-state index is 11.1. The van der Waals surface area contributed by atoms with Gasteiger partial charge < -0.3 is 14.2 Å². The largest absolute Gasteiger partial charge is 0.463 e. The zero-order valence-electron chi connectivity index (χ0n) is 7.87. The Morgan fingerprint density at radius 2 is 2.23 bits per heavy atom. The quantitative estimate of drug-likeness (QED) is 0.600. The van der Waals surface area contributed by atoms with Crippen LogP contribution in [0.3, 0.4) is 0 Å². The van der Waals surface area contributed by atoms with E-state index in [2.05, 4.69) is 4.74 Å². The van der Waals surface area contributed by atoms with E-state index >= 15 is 0 Å². The molecule has 0 amide bonds. The summed E-state index contributed by atoms with van der Waals surface area (Å²) < 4.78 is 14.6. The predicted molar refractivity (Wildman–Crippen MR) is 45.7 cm³/mol. The van der Waals surface area contributed by atoms with Gasteiger partial charge in [0.2, 0.25) is 12.0 Å². The highest BCUT2D eigenvalue weighted by Crippen LogP contribution is 2.17. The molecule has 0 radical (unpaired) electrons. The summed E-state index contributed by atoms with van der Waals surface area (Å²) in [6, 6.07) is 0. The molecule has 1 atom stereocenters. The fourth-order valence-corrected chi connectivity index (χ4v) is 0.987. The van der Waals surface area contributed by atoms with Gasteiger partial charge in [0.25, 0.3) is 0 Å². The number of hydrogen-bond donors (Lipinski definition) is 0. The number of carbonyl (C=O) groups is 1. The zero-order valence-corrected chi connectivity index (χ0v) is 7.87. The summed E-state index contributed by atoms with van der Waals surface area (Å²) in [6.07, 6.45) is 2.88. The van der Waals surface area contributed by atoms with Gasteiger partial charge in [-0.25, -0.2) is 4.79 Å². The Kier molecular flexibility index (Phi) is 3.08. The summed E-state index contributed by atoms with van der Waals surface area (Å²) in [5.74, 6) is -0.316. The van der Waals surface area contributed by atoms with Crippen LogP contribution >= 0.6 is 0 Å². The van der Waals surface area contributed by atoms with Crippen LogP contribution < -0.4 is 0 Å². The molecule has 4 heteroatoms. The third-order valence-electron chi connectivity index (χ3n) is 1.62. The first kappa shape index (κ1) is 9.80. The van der Waals surface area contributed by atoms with Gasteiger partial charge in [-0.15, -0.1) is 0 Å². The fourth-order valence-electron chi connectivity index (χ4n) is 0.987. The molecule has 0 N–H and O–H groups in total. The summed E-state index contributed by atoms with van der Waals surface area (Å²) in [6.45, 7) is 1.86. The SMILES string of the molecule is COC(=O)C1=CC(C)=C[C@@H](OC)O1. The molecular weight excluding hydrogens is 172 g/mol. The molecule has 1 aliphatic rings. The lowest BCUT2D eigenvalue weighted by Crippen LogP contribution is -2.20. The van der Waals surface area contributed by atoms with E-state index in [1.54, 1.807) is 12.2 Å². The van der Waals surface area contributed by atoms with Gasteiger partial charge in [0.1, 0.15) is 0 Å². The standard InChI is InChI=1S/C9H12O4/c1-6-4-7(9(10)12-3)13-8(5-6)11-2/h4-5,8H,1-3H3/t8-/m0/s1. The van der Waals surface area contributed by atoms with Gasteiger partial charge in [0.05, 0.1) is 7.11 Å². The Morgan fingerprint density at radius 3 is 2.77 bits per heavy atom. The molecule has 0 fully saturated rings. The minimum Gasteiger partial charge on any atom is -0.463 e. The highest BCUT2D eigenvalue weighted by Gasteiger charge is 2.19. The van der Waals surface area contributed by atoms with Gasteiger partial charge >= 0.3 is 5.97 Å². The fraction of sp³-hybridized carbons (Fsp3) is 0.444. The molecule has 0 bridgehead atoms. The van der Waals surface area contributed by atoms with Gasteiger partial charge in [-0.05, 0) is 24.6 Å². The number of hydrogen-bond acceptors (Lipinski definition) is 4. The third-order valence-corrected chi connectivity index (χ3v) is 1.62. The first-order valence-electron chi connectivity index (χ1n) is 3.85. The van der Waals surface area contributed by atoms with E-state index in [9.17, 15) is 4.79 Å². The number of methoxy groups -OCH3 is 2. The summed E-state index contributed by atoms with van der Waals surface area (Å²) in [5.41, 5.74) is 0.915. The molecule has 1 heterocycles. The van der Waals surface area contributed by atoms with Crippen LogP contribution in [-0.2, 0) is 19.0 Å². The molecule has 0 spiro atoms. The van der Waals surface area contributed by atoms with E-state index in [4.69, 9.17) is 9.47 Å². The van der Waals surface area contributed by atoms with Crippen LogP contribution in [0, 0.1) is 0 Å². The van der Waals surface area contributed by atoms with Crippen LogP contribution in [0.25, 0.3) is 0 Å².